The third-order valence-electron chi connectivity index (χ3n) is 3.66. The average Bonchev–Trinajstić information content (AvgIpc) is 2.54. The van der Waals surface area contributed by atoms with E-state index in [2.05, 4.69) is 6.07 Å². The summed E-state index contributed by atoms with van der Waals surface area (Å²) >= 11 is 12.3. The van der Waals surface area contributed by atoms with Gasteiger partial charge < -0.3 is 0 Å². The van der Waals surface area contributed by atoms with E-state index < -0.39 is 4.92 Å². The standard InChI is InChI=1S/C18H14Cl2N2O2/c1-3-11(2)6-12-4-5-13(7-14(12)10-21)18-16(19)8-15(22(23)24)9-17(18)20/h4-9H,3H2,1-2H3/b11-6+. The minimum atomic E-state index is -0.552. The van der Waals surface area contributed by atoms with E-state index in [1.165, 1.54) is 12.1 Å². The predicted octanol–water partition coefficient (Wildman–Crippen LogP) is 6.25. The zero-order valence-electron chi connectivity index (χ0n) is 13.1. The van der Waals surface area contributed by atoms with Crippen LogP contribution in [0, 0.1) is 21.4 Å². The molecule has 122 valence electrons. The van der Waals surface area contributed by atoms with Crippen LogP contribution in [-0.2, 0) is 0 Å². The van der Waals surface area contributed by atoms with Crippen molar-refractivity contribution in [2.24, 2.45) is 0 Å². The maximum absolute atomic E-state index is 10.9. The lowest BCUT2D eigenvalue weighted by Crippen LogP contribution is -1.91. The van der Waals surface area contributed by atoms with Gasteiger partial charge in [-0.1, -0.05) is 53.9 Å². The molecule has 0 aliphatic rings. The summed E-state index contributed by atoms with van der Waals surface area (Å²) in [5.74, 6) is 0. The number of rotatable bonds is 4. The third-order valence-corrected chi connectivity index (χ3v) is 4.26. The Balaban J connectivity index is 2.59. The first-order chi connectivity index (χ1) is 11.4. The lowest BCUT2D eigenvalue weighted by Gasteiger charge is -2.09. The van der Waals surface area contributed by atoms with Crippen LogP contribution in [0.4, 0.5) is 5.69 Å². The van der Waals surface area contributed by atoms with Crippen LogP contribution in [0.5, 0.6) is 0 Å². The van der Waals surface area contributed by atoms with Gasteiger partial charge in [0.05, 0.1) is 26.6 Å². The van der Waals surface area contributed by atoms with Crippen molar-refractivity contribution in [2.75, 3.05) is 0 Å². The first-order valence-electron chi connectivity index (χ1n) is 7.22. The van der Waals surface area contributed by atoms with Crippen LogP contribution in [0.25, 0.3) is 17.2 Å². The van der Waals surface area contributed by atoms with E-state index in [0.717, 1.165) is 17.6 Å². The molecular weight excluding hydrogens is 347 g/mol. The Bertz CT molecular complexity index is 860. The molecule has 0 N–H and O–H groups in total. The van der Waals surface area contributed by atoms with Crippen LogP contribution in [0.1, 0.15) is 31.4 Å². The van der Waals surface area contributed by atoms with Crippen molar-refractivity contribution < 1.29 is 4.92 Å². The molecule has 4 nitrogen and oxygen atoms in total. The molecule has 0 aliphatic carbocycles. The van der Waals surface area contributed by atoms with Gasteiger partial charge in [0.1, 0.15) is 0 Å². The molecule has 2 rings (SSSR count). The van der Waals surface area contributed by atoms with E-state index in [9.17, 15) is 15.4 Å². The van der Waals surface area contributed by atoms with Gasteiger partial charge in [0, 0.05) is 17.7 Å². The normalized spacial score (nSPS) is 11.2. The van der Waals surface area contributed by atoms with E-state index in [1.54, 1.807) is 12.1 Å². The predicted molar refractivity (Wildman–Crippen MR) is 97.2 cm³/mol. The summed E-state index contributed by atoms with van der Waals surface area (Å²) in [5, 5.41) is 20.6. The molecule has 0 unspecified atom stereocenters. The molecule has 2 aromatic carbocycles. The molecule has 2 aromatic rings. The van der Waals surface area contributed by atoms with Crippen molar-refractivity contribution in [2.45, 2.75) is 20.3 Å². The second-order valence-corrected chi connectivity index (χ2v) is 6.11. The number of nitrogens with zero attached hydrogens (tertiary/aromatic N) is 2. The van der Waals surface area contributed by atoms with Crippen molar-refractivity contribution in [3.8, 4) is 17.2 Å². The van der Waals surface area contributed by atoms with Crippen LogP contribution in [0.15, 0.2) is 35.9 Å². The lowest BCUT2D eigenvalue weighted by molar-refractivity contribution is -0.384. The number of allylic oxidation sites excluding steroid dienone is 1. The van der Waals surface area contributed by atoms with Crippen LogP contribution >= 0.6 is 23.2 Å². The summed E-state index contributed by atoms with van der Waals surface area (Å²) in [6.07, 6.45) is 2.86. The third kappa shape index (κ3) is 3.76. The molecule has 0 amide bonds. The first-order valence-corrected chi connectivity index (χ1v) is 7.98. The molecule has 0 saturated carbocycles. The Morgan fingerprint density at radius 2 is 1.92 bits per heavy atom. The van der Waals surface area contributed by atoms with Crippen molar-refractivity contribution in [3.63, 3.8) is 0 Å². The van der Waals surface area contributed by atoms with Crippen molar-refractivity contribution in [1.82, 2.24) is 0 Å². The Kier molecular flexibility index (Phi) is 5.61. The quantitative estimate of drug-likeness (QED) is 0.477. The summed E-state index contributed by atoms with van der Waals surface area (Å²) < 4.78 is 0. The van der Waals surface area contributed by atoms with Gasteiger partial charge in [-0.3, -0.25) is 10.1 Å². The highest BCUT2D eigenvalue weighted by atomic mass is 35.5. The van der Waals surface area contributed by atoms with Gasteiger partial charge in [0.25, 0.3) is 5.69 Å². The molecule has 0 saturated heterocycles. The molecule has 0 atom stereocenters. The number of hydrogen-bond acceptors (Lipinski definition) is 3. The number of hydrogen-bond donors (Lipinski definition) is 0. The van der Waals surface area contributed by atoms with Crippen LogP contribution in [0.3, 0.4) is 0 Å². The SMILES string of the molecule is CC/C(C)=C/c1ccc(-c2c(Cl)cc([N+](=O)[O-])cc2Cl)cc1C#N. The molecule has 0 fully saturated rings. The lowest BCUT2D eigenvalue weighted by atomic mass is 9.98. The minimum Gasteiger partial charge on any atom is -0.258 e. The molecule has 0 spiro atoms. The average molecular weight is 361 g/mol. The maximum Gasteiger partial charge on any atom is 0.272 e. The second kappa shape index (κ2) is 7.48. The fourth-order valence-electron chi connectivity index (χ4n) is 2.24. The molecule has 0 bridgehead atoms. The van der Waals surface area contributed by atoms with Gasteiger partial charge in [-0.05, 0) is 30.5 Å². The van der Waals surface area contributed by atoms with Crippen LogP contribution in [0.2, 0.25) is 10.0 Å². The zero-order valence-corrected chi connectivity index (χ0v) is 14.6. The largest absolute Gasteiger partial charge is 0.272 e. The fourth-order valence-corrected chi connectivity index (χ4v) is 2.94. The van der Waals surface area contributed by atoms with E-state index in [-0.39, 0.29) is 15.7 Å². The number of halogens is 2. The molecule has 0 aliphatic heterocycles. The highest BCUT2D eigenvalue weighted by Gasteiger charge is 2.16. The van der Waals surface area contributed by atoms with E-state index in [0.29, 0.717) is 16.7 Å². The fraction of sp³-hybridized carbons (Fsp3) is 0.167. The van der Waals surface area contributed by atoms with Gasteiger partial charge in [-0.15, -0.1) is 0 Å². The highest BCUT2D eigenvalue weighted by Crippen LogP contribution is 2.38. The zero-order chi connectivity index (χ0) is 17.9. The molecule has 24 heavy (non-hydrogen) atoms. The highest BCUT2D eigenvalue weighted by molar-refractivity contribution is 6.39. The van der Waals surface area contributed by atoms with E-state index in [4.69, 9.17) is 23.2 Å². The number of non-ortho nitro benzene ring substituents is 1. The van der Waals surface area contributed by atoms with Crippen LogP contribution < -0.4 is 0 Å². The topological polar surface area (TPSA) is 66.9 Å². The number of nitro groups is 1. The monoisotopic (exact) mass is 360 g/mol. The summed E-state index contributed by atoms with van der Waals surface area (Å²) in [7, 11) is 0. The van der Waals surface area contributed by atoms with Crippen molar-refractivity contribution in [3.05, 3.63) is 67.2 Å². The minimum absolute atomic E-state index is 0.172. The van der Waals surface area contributed by atoms with Gasteiger partial charge in [0.15, 0.2) is 0 Å². The molecule has 0 radical (unpaired) electrons. The summed E-state index contributed by atoms with van der Waals surface area (Å²) in [6.45, 7) is 4.04. The van der Waals surface area contributed by atoms with E-state index in [1.807, 2.05) is 26.0 Å². The van der Waals surface area contributed by atoms with Gasteiger partial charge >= 0.3 is 0 Å². The molecular formula is C18H14Cl2N2O2. The van der Waals surface area contributed by atoms with Gasteiger partial charge in [-0.2, -0.15) is 5.26 Å². The van der Waals surface area contributed by atoms with Crippen LogP contribution in [-0.4, -0.2) is 4.92 Å². The molecule has 0 aromatic heterocycles. The smallest absolute Gasteiger partial charge is 0.258 e. The first kappa shape index (κ1) is 18.0. The Morgan fingerprint density at radius 3 is 2.42 bits per heavy atom. The molecule has 0 heterocycles. The summed E-state index contributed by atoms with van der Waals surface area (Å²) in [4.78, 5) is 10.3. The second-order valence-electron chi connectivity index (χ2n) is 5.30. The Labute approximate surface area is 150 Å². The van der Waals surface area contributed by atoms with Gasteiger partial charge in [0.2, 0.25) is 0 Å². The van der Waals surface area contributed by atoms with Crippen molar-refractivity contribution >= 4 is 35.0 Å². The number of benzene rings is 2. The maximum atomic E-state index is 10.9. The van der Waals surface area contributed by atoms with Crippen molar-refractivity contribution in [1.29, 1.82) is 5.26 Å². The Morgan fingerprint density at radius 1 is 1.29 bits per heavy atom. The summed E-state index contributed by atoms with van der Waals surface area (Å²) in [6, 6.07) is 9.98. The number of nitriles is 1. The van der Waals surface area contributed by atoms with E-state index >= 15 is 0 Å². The molecule has 6 heteroatoms. The van der Waals surface area contributed by atoms with Gasteiger partial charge in [-0.25, -0.2) is 0 Å². The number of nitro benzene ring substituents is 1. The Hall–Kier alpha value is -2.35. The summed E-state index contributed by atoms with van der Waals surface area (Å²) in [5.41, 5.74) is 3.41.